The molecule has 3 N–H and O–H groups in total. The molecular formula is C9H10FNO. The summed E-state index contributed by atoms with van der Waals surface area (Å²) >= 11 is 0. The molecule has 0 bridgehead atoms. The zero-order valence-electron chi connectivity index (χ0n) is 6.50. The van der Waals surface area contributed by atoms with Crippen LogP contribution in [-0.2, 0) is 0 Å². The van der Waals surface area contributed by atoms with Crippen molar-refractivity contribution in [1.29, 1.82) is 0 Å². The van der Waals surface area contributed by atoms with Crippen LogP contribution in [0.15, 0.2) is 18.2 Å². The average molecular weight is 167 g/mol. The second-order valence-electron chi connectivity index (χ2n) is 3.10. The summed E-state index contributed by atoms with van der Waals surface area (Å²) in [7, 11) is 0. The van der Waals surface area contributed by atoms with Gasteiger partial charge in [-0.2, -0.15) is 0 Å². The van der Waals surface area contributed by atoms with Crippen LogP contribution >= 0.6 is 0 Å². The molecule has 1 aromatic rings. The number of nitrogens with two attached hydrogens (primary N) is 1. The van der Waals surface area contributed by atoms with Crippen molar-refractivity contribution in [2.45, 2.75) is 18.6 Å². The lowest BCUT2D eigenvalue weighted by atomic mass is 10.1. The number of hydrogen-bond donors (Lipinski definition) is 2. The lowest BCUT2D eigenvalue weighted by molar-refractivity contribution is 0.173. The Morgan fingerprint density at radius 2 is 2.25 bits per heavy atom. The van der Waals surface area contributed by atoms with E-state index in [1.165, 1.54) is 6.07 Å². The first kappa shape index (κ1) is 7.71. The Hall–Kier alpha value is -0.930. The molecule has 0 aromatic heterocycles. The van der Waals surface area contributed by atoms with Crippen LogP contribution in [-0.4, -0.2) is 5.11 Å². The minimum Gasteiger partial charge on any atom is -0.388 e. The van der Waals surface area contributed by atoms with E-state index in [2.05, 4.69) is 0 Å². The molecule has 0 aliphatic heterocycles. The molecule has 3 heteroatoms. The van der Waals surface area contributed by atoms with Gasteiger partial charge in [0.1, 0.15) is 5.82 Å². The number of halogens is 1. The molecule has 1 unspecified atom stereocenters. The van der Waals surface area contributed by atoms with E-state index in [4.69, 9.17) is 5.73 Å². The van der Waals surface area contributed by atoms with Gasteiger partial charge < -0.3 is 10.8 Å². The molecule has 2 atom stereocenters. The fourth-order valence-corrected chi connectivity index (χ4v) is 1.72. The maximum Gasteiger partial charge on any atom is 0.128 e. The maximum atomic E-state index is 13.1. The van der Waals surface area contributed by atoms with E-state index in [9.17, 15) is 9.50 Å². The van der Waals surface area contributed by atoms with Crippen molar-refractivity contribution in [2.75, 3.05) is 0 Å². The molecule has 1 aromatic carbocycles. The largest absolute Gasteiger partial charge is 0.388 e. The van der Waals surface area contributed by atoms with Crippen molar-refractivity contribution in [1.82, 2.24) is 0 Å². The van der Waals surface area contributed by atoms with Crippen LogP contribution < -0.4 is 5.73 Å². The first-order chi connectivity index (χ1) is 5.70. The lowest BCUT2D eigenvalue weighted by Gasteiger charge is -2.04. The van der Waals surface area contributed by atoms with Gasteiger partial charge in [-0.1, -0.05) is 12.1 Å². The Bertz CT molecular complexity index is 313. The van der Waals surface area contributed by atoms with Gasteiger partial charge in [-0.3, -0.25) is 0 Å². The van der Waals surface area contributed by atoms with Gasteiger partial charge in [0.15, 0.2) is 0 Å². The normalized spacial score (nSPS) is 27.2. The molecule has 2 rings (SSSR count). The summed E-state index contributed by atoms with van der Waals surface area (Å²) in [5.74, 6) is -0.309. The number of aliphatic hydroxyl groups excluding tert-OH is 1. The van der Waals surface area contributed by atoms with E-state index >= 15 is 0 Å². The summed E-state index contributed by atoms with van der Waals surface area (Å²) in [4.78, 5) is 0. The third-order valence-electron chi connectivity index (χ3n) is 2.29. The summed E-state index contributed by atoms with van der Waals surface area (Å²) in [5.41, 5.74) is 6.76. The summed E-state index contributed by atoms with van der Waals surface area (Å²) in [6.45, 7) is 0. The van der Waals surface area contributed by atoms with E-state index in [1.54, 1.807) is 12.1 Å². The highest BCUT2D eigenvalue weighted by molar-refractivity contribution is 5.37. The molecule has 1 aliphatic rings. The van der Waals surface area contributed by atoms with Gasteiger partial charge in [0.25, 0.3) is 0 Å². The van der Waals surface area contributed by atoms with Crippen LogP contribution in [0.3, 0.4) is 0 Å². The van der Waals surface area contributed by atoms with Gasteiger partial charge in [-0.15, -0.1) is 0 Å². The summed E-state index contributed by atoms with van der Waals surface area (Å²) in [6.07, 6.45) is -0.165. The van der Waals surface area contributed by atoms with Crippen molar-refractivity contribution < 1.29 is 9.50 Å². The van der Waals surface area contributed by atoms with Crippen molar-refractivity contribution in [2.24, 2.45) is 5.73 Å². The first-order valence-corrected chi connectivity index (χ1v) is 3.92. The first-order valence-electron chi connectivity index (χ1n) is 3.92. The van der Waals surface area contributed by atoms with Gasteiger partial charge in [-0.05, 0) is 18.1 Å². The fourth-order valence-electron chi connectivity index (χ4n) is 1.72. The molecule has 1 aliphatic carbocycles. The molecule has 0 amide bonds. The highest BCUT2D eigenvalue weighted by Gasteiger charge is 2.29. The van der Waals surface area contributed by atoms with E-state index in [1.807, 2.05) is 0 Å². The topological polar surface area (TPSA) is 46.2 Å². The molecule has 12 heavy (non-hydrogen) atoms. The number of rotatable bonds is 0. The number of aliphatic hydroxyl groups is 1. The second-order valence-corrected chi connectivity index (χ2v) is 3.10. The average Bonchev–Trinajstić information content (AvgIpc) is 2.29. The van der Waals surface area contributed by atoms with Crippen LogP contribution in [0.25, 0.3) is 0 Å². The van der Waals surface area contributed by atoms with Gasteiger partial charge in [0.05, 0.1) is 6.10 Å². The van der Waals surface area contributed by atoms with Crippen molar-refractivity contribution in [3.8, 4) is 0 Å². The highest BCUT2D eigenvalue weighted by atomic mass is 19.1. The standard InChI is InChI=1S/C9H10FNO/c10-6-3-1-2-5-8(12)4-7(11)9(5)6/h1-3,7-8,12H,4,11H2/t7-,8?/m0/s1. The monoisotopic (exact) mass is 167 g/mol. The molecule has 0 saturated carbocycles. The van der Waals surface area contributed by atoms with Crippen LogP contribution in [0.1, 0.15) is 29.7 Å². The number of hydrogen-bond acceptors (Lipinski definition) is 2. The zero-order valence-corrected chi connectivity index (χ0v) is 6.50. The second kappa shape index (κ2) is 2.54. The van der Waals surface area contributed by atoms with Gasteiger partial charge >= 0.3 is 0 Å². The minimum absolute atomic E-state index is 0.309. The van der Waals surface area contributed by atoms with Crippen molar-refractivity contribution in [3.63, 3.8) is 0 Å². The molecule has 0 radical (unpaired) electrons. The number of benzene rings is 1. The maximum absolute atomic E-state index is 13.1. The van der Waals surface area contributed by atoms with E-state index in [0.29, 0.717) is 17.5 Å². The third kappa shape index (κ3) is 0.940. The van der Waals surface area contributed by atoms with Gasteiger partial charge in [0, 0.05) is 11.6 Å². The lowest BCUT2D eigenvalue weighted by Crippen LogP contribution is -2.07. The predicted molar refractivity (Wildman–Crippen MR) is 42.9 cm³/mol. The van der Waals surface area contributed by atoms with E-state index in [0.717, 1.165) is 0 Å². The Morgan fingerprint density at radius 3 is 2.92 bits per heavy atom. The van der Waals surface area contributed by atoms with E-state index < -0.39 is 6.10 Å². The van der Waals surface area contributed by atoms with Crippen molar-refractivity contribution in [3.05, 3.63) is 35.1 Å². The molecule has 0 spiro atoms. The SMILES string of the molecule is N[C@H]1CC(O)c2cccc(F)c21. The summed E-state index contributed by atoms with van der Waals surface area (Å²) < 4.78 is 13.1. The van der Waals surface area contributed by atoms with E-state index in [-0.39, 0.29) is 11.9 Å². The quantitative estimate of drug-likeness (QED) is 0.611. The van der Waals surface area contributed by atoms with Gasteiger partial charge in [0.2, 0.25) is 0 Å². The highest BCUT2D eigenvalue weighted by Crippen LogP contribution is 2.38. The Balaban J connectivity index is 2.59. The third-order valence-corrected chi connectivity index (χ3v) is 2.29. The smallest absolute Gasteiger partial charge is 0.128 e. The predicted octanol–water partition coefficient (Wildman–Crippen LogP) is 1.26. The van der Waals surface area contributed by atoms with Crippen LogP contribution in [0, 0.1) is 5.82 Å². The van der Waals surface area contributed by atoms with Crippen LogP contribution in [0.4, 0.5) is 4.39 Å². The Labute approximate surface area is 69.8 Å². The molecular weight excluding hydrogens is 157 g/mol. The molecule has 0 saturated heterocycles. The minimum atomic E-state index is -0.592. The van der Waals surface area contributed by atoms with Crippen LogP contribution in [0.5, 0.6) is 0 Å². The zero-order chi connectivity index (χ0) is 8.72. The molecule has 2 nitrogen and oxygen atoms in total. The van der Waals surface area contributed by atoms with Gasteiger partial charge in [-0.25, -0.2) is 4.39 Å². The summed E-state index contributed by atoms with van der Waals surface area (Å²) in [5, 5.41) is 9.43. The fraction of sp³-hybridized carbons (Fsp3) is 0.333. The number of fused-ring (bicyclic) bond motifs is 1. The molecule has 0 heterocycles. The molecule has 0 fully saturated rings. The van der Waals surface area contributed by atoms with Crippen LogP contribution in [0.2, 0.25) is 0 Å². The molecule has 64 valence electrons. The summed E-state index contributed by atoms with van der Waals surface area (Å²) in [6, 6.07) is 4.33. The van der Waals surface area contributed by atoms with Crippen molar-refractivity contribution >= 4 is 0 Å². The Kier molecular flexibility index (Phi) is 1.63. The Morgan fingerprint density at radius 1 is 1.50 bits per heavy atom.